The third-order valence-corrected chi connectivity index (χ3v) is 3.48. The lowest BCUT2D eigenvalue weighted by Crippen LogP contribution is -2.22. The fourth-order valence-electron chi connectivity index (χ4n) is 2.40. The van der Waals surface area contributed by atoms with Gasteiger partial charge in [-0.3, -0.25) is 0 Å². The summed E-state index contributed by atoms with van der Waals surface area (Å²) in [6, 6.07) is 6.25. The molecule has 1 unspecified atom stereocenters. The van der Waals surface area contributed by atoms with Crippen molar-refractivity contribution in [2.75, 3.05) is 6.61 Å². The molecule has 0 heterocycles. The van der Waals surface area contributed by atoms with E-state index >= 15 is 0 Å². The first-order chi connectivity index (χ1) is 8.47. The quantitative estimate of drug-likeness (QED) is 0.862. The predicted molar refractivity (Wildman–Crippen MR) is 72.7 cm³/mol. The van der Waals surface area contributed by atoms with Gasteiger partial charge < -0.3 is 15.6 Å². The van der Waals surface area contributed by atoms with E-state index in [4.69, 9.17) is 10.5 Å². The standard InChI is InChI=1S/C15H23NO2/c1-15(2,17)9-10-18-14-8-4-5-11-12(14)6-3-7-13(11)16/h4-5,8,13,17H,3,6-7,9-10,16H2,1-2H3. The Bertz CT molecular complexity index is 409. The highest BCUT2D eigenvalue weighted by atomic mass is 16.5. The molecule has 0 aromatic heterocycles. The zero-order valence-corrected chi connectivity index (χ0v) is 11.3. The van der Waals surface area contributed by atoms with Crippen molar-refractivity contribution in [1.29, 1.82) is 0 Å². The molecule has 0 radical (unpaired) electrons. The normalized spacial score (nSPS) is 19.4. The molecule has 100 valence electrons. The van der Waals surface area contributed by atoms with E-state index in [0.717, 1.165) is 25.0 Å². The second-order valence-corrected chi connectivity index (χ2v) is 5.73. The van der Waals surface area contributed by atoms with Crippen LogP contribution in [-0.2, 0) is 6.42 Å². The number of hydrogen-bond acceptors (Lipinski definition) is 3. The maximum atomic E-state index is 9.68. The highest BCUT2D eigenvalue weighted by Crippen LogP contribution is 2.34. The maximum Gasteiger partial charge on any atom is 0.122 e. The Hall–Kier alpha value is -1.06. The first-order valence-corrected chi connectivity index (χ1v) is 6.70. The molecular weight excluding hydrogens is 226 g/mol. The van der Waals surface area contributed by atoms with Gasteiger partial charge in [-0.1, -0.05) is 12.1 Å². The average Bonchev–Trinajstić information content (AvgIpc) is 2.29. The van der Waals surface area contributed by atoms with Gasteiger partial charge in [0.15, 0.2) is 0 Å². The number of fused-ring (bicyclic) bond motifs is 1. The van der Waals surface area contributed by atoms with E-state index in [1.54, 1.807) is 13.8 Å². The Morgan fingerprint density at radius 1 is 1.44 bits per heavy atom. The topological polar surface area (TPSA) is 55.5 Å². The van der Waals surface area contributed by atoms with Crippen LogP contribution < -0.4 is 10.5 Å². The van der Waals surface area contributed by atoms with E-state index in [-0.39, 0.29) is 6.04 Å². The number of nitrogens with two attached hydrogens (primary N) is 1. The van der Waals surface area contributed by atoms with Crippen molar-refractivity contribution in [1.82, 2.24) is 0 Å². The molecule has 0 fully saturated rings. The molecule has 0 aliphatic heterocycles. The minimum absolute atomic E-state index is 0.145. The SMILES string of the molecule is CC(C)(O)CCOc1cccc2c1CCCC2N. The summed E-state index contributed by atoms with van der Waals surface area (Å²) in [4.78, 5) is 0. The van der Waals surface area contributed by atoms with Gasteiger partial charge in [-0.05, 0) is 50.3 Å². The van der Waals surface area contributed by atoms with Crippen LogP contribution in [0.4, 0.5) is 0 Å². The average molecular weight is 249 g/mol. The lowest BCUT2D eigenvalue weighted by molar-refractivity contribution is 0.0551. The summed E-state index contributed by atoms with van der Waals surface area (Å²) in [5.41, 5.74) is 7.92. The Kier molecular flexibility index (Phi) is 3.93. The molecule has 0 saturated heterocycles. The molecule has 3 heteroatoms. The third-order valence-electron chi connectivity index (χ3n) is 3.48. The van der Waals surface area contributed by atoms with Gasteiger partial charge in [0.25, 0.3) is 0 Å². The van der Waals surface area contributed by atoms with Crippen LogP contribution in [0.25, 0.3) is 0 Å². The first-order valence-electron chi connectivity index (χ1n) is 6.70. The number of hydrogen-bond donors (Lipinski definition) is 2. The van der Waals surface area contributed by atoms with Gasteiger partial charge in [0.2, 0.25) is 0 Å². The molecule has 1 atom stereocenters. The van der Waals surface area contributed by atoms with Crippen molar-refractivity contribution < 1.29 is 9.84 Å². The van der Waals surface area contributed by atoms with Gasteiger partial charge in [0.05, 0.1) is 12.2 Å². The van der Waals surface area contributed by atoms with Crippen LogP contribution in [0.2, 0.25) is 0 Å². The van der Waals surface area contributed by atoms with Crippen molar-refractivity contribution in [2.24, 2.45) is 5.73 Å². The molecule has 1 aliphatic rings. The summed E-state index contributed by atoms with van der Waals surface area (Å²) in [7, 11) is 0. The Labute approximate surface area is 109 Å². The van der Waals surface area contributed by atoms with Crippen LogP contribution in [0.3, 0.4) is 0 Å². The van der Waals surface area contributed by atoms with Crippen LogP contribution in [0.15, 0.2) is 18.2 Å². The van der Waals surface area contributed by atoms with Crippen LogP contribution in [0.1, 0.15) is 50.3 Å². The van der Waals surface area contributed by atoms with E-state index in [2.05, 4.69) is 6.07 Å². The minimum Gasteiger partial charge on any atom is -0.493 e. The van der Waals surface area contributed by atoms with E-state index < -0.39 is 5.60 Å². The number of rotatable bonds is 4. The lowest BCUT2D eigenvalue weighted by Gasteiger charge is -2.25. The second kappa shape index (κ2) is 5.29. The fraction of sp³-hybridized carbons (Fsp3) is 0.600. The molecule has 3 N–H and O–H groups in total. The van der Waals surface area contributed by atoms with Gasteiger partial charge >= 0.3 is 0 Å². The molecule has 1 aromatic rings. The molecular formula is C15H23NO2. The van der Waals surface area contributed by atoms with Crippen LogP contribution in [-0.4, -0.2) is 17.3 Å². The summed E-state index contributed by atoms with van der Waals surface area (Å²) >= 11 is 0. The number of ether oxygens (including phenoxy) is 1. The number of aliphatic hydroxyl groups is 1. The second-order valence-electron chi connectivity index (χ2n) is 5.73. The van der Waals surface area contributed by atoms with Crippen LogP contribution in [0.5, 0.6) is 5.75 Å². The van der Waals surface area contributed by atoms with Crippen molar-refractivity contribution in [3.05, 3.63) is 29.3 Å². The van der Waals surface area contributed by atoms with Crippen molar-refractivity contribution >= 4 is 0 Å². The van der Waals surface area contributed by atoms with E-state index in [0.29, 0.717) is 13.0 Å². The third kappa shape index (κ3) is 3.24. The van der Waals surface area contributed by atoms with Gasteiger partial charge in [-0.15, -0.1) is 0 Å². The molecule has 1 aliphatic carbocycles. The monoisotopic (exact) mass is 249 g/mol. The minimum atomic E-state index is -0.675. The van der Waals surface area contributed by atoms with Crippen LogP contribution in [0, 0.1) is 0 Å². The molecule has 2 rings (SSSR count). The van der Waals surface area contributed by atoms with E-state index in [1.807, 2.05) is 12.1 Å². The molecule has 0 saturated carbocycles. The van der Waals surface area contributed by atoms with Gasteiger partial charge in [-0.2, -0.15) is 0 Å². The lowest BCUT2D eigenvalue weighted by atomic mass is 9.87. The molecule has 0 bridgehead atoms. The van der Waals surface area contributed by atoms with Crippen LogP contribution >= 0.6 is 0 Å². The van der Waals surface area contributed by atoms with Crippen molar-refractivity contribution in [3.8, 4) is 5.75 Å². The predicted octanol–water partition coefficient (Wildman–Crippen LogP) is 2.56. The summed E-state index contributed by atoms with van der Waals surface area (Å²) in [6.45, 7) is 4.13. The molecule has 0 amide bonds. The fourth-order valence-corrected chi connectivity index (χ4v) is 2.40. The molecule has 3 nitrogen and oxygen atoms in total. The Balaban J connectivity index is 2.07. The Morgan fingerprint density at radius 3 is 2.94 bits per heavy atom. The van der Waals surface area contributed by atoms with E-state index in [1.165, 1.54) is 11.1 Å². The maximum absolute atomic E-state index is 9.68. The summed E-state index contributed by atoms with van der Waals surface area (Å²) in [5, 5.41) is 9.68. The van der Waals surface area contributed by atoms with Crippen molar-refractivity contribution in [2.45, 2.75) is 51.2 Å². The Morgan fingerprint density at radius 2 is 2.22 bits per heavy atom. The largest absolute Gasteiger partial charge is 0.493 e. The molecule has 0 spiro atoms. The zero-order valence-electron chi connectivity index (χ0n) is 11.3. The summed E-state index contributed by atoms with van der Waals surface area (Å²) in [6.07, 6.45) is 3.85. The van der Waals surface area contributed by atoms with Gasteiger partial charge in [-0.25, -0.2) is 0 Å². The smallest absolute Gasteiger partial charge is 0.122 e. The molecule has 1 aromatic carbocycles. The van der Waals surface area contributed by atoms with Gasteiger partial charge in [0, 0.05) is 12.5 Å². The van der Waals surface area contributed by atoms with Crippen molar-refractivity contribution in [3.63, 3.8) is 0 Å². The number of benzene rings is 1. The summed E-state index contributed by atoms with van der Waals surface area (Å²) in [5.74, 6) is 0.937. The highest BCUT2D eigenvalue weighted by Gasteiger charge is 2.20. The van der Waals surface area contributed by atoms with Gasteiger partial charge in [0.1, 0.15) is 5.75 Å². The summed E-state index contributed by atoms with van der Waals surface area (Å²) < 4.78 is 5.81. The molecule has 18 heavy (non-hydrogen) atoms. The first kappa shape index (κ1) is 13.4. The zero-order chi connectivity index (χ0) is 13.2. The highest BCUT2D eigenvalue weighted by molar-refractivity contribution is 5.43. The van der Waals surface area contributed by atoms with E-state index in [9.17, 15) is 5.11 Å².